The van der Waals surface area contributed by atoms with Gasteiger partial charge in [0.15, 0.2) is 0 Å². The van der Waals surface area contributed by atoms with Gasteiger partial charge in [0, 0.05) is 6.07 Å². The number of carbonyl (C=O) groups excluding carboxylic acids is 1. The topological polar surface area (TPSA) is 95.5 Å². The fraction of sp³-hybridized carbons (Fsp3) is 0.222. The van der Waals surface area contributed by atoms with Crippen molar-refractivity contribution in [1.29, 1.82) is 0 Å². The van der Waals surface area contributed by atoms with Gasteiger partial charge in [0.05, 0.1) is 12.0 Å². The lowest BCUT2D eigenvalue weighted by atomic mass is 10.1. The van der Waals surface area contributed by atoms with E-state index in [0.717, 1.165) is 6.07 Å². The van der Waals surface area contributed by atoms with E-state index >= 15 is 0 Å². The van der Waals surface area contributed by atoms with Crippen molar-refractivity contribution in [3.8, 4) is 0 Å². The molecule has 0 aromatic heterocycles. The standard InChI is InChI=1S/C9H9ClN2O4/c1-16-9(13)8(11)5-2-3-6(10)7(4-5)12(14)15/h2-4,8H,11H2,1H3. The summed E-state index contributed by atoms with van der Waals surface area (Å²) in [6.07, 6.45) is 0. The van der Waals surface area contributed by atoms with Gasteiger partial charge in [0.25, 0.3) is 5.69 Å². The van der Waals surface area contributed by atoms with E-state index in [1.165, 1.54) is 19.2 Å². The molecule has 0 heterocycles. The largest absolute Gasteiger partial charge is 0.468 e. The van der Waals surface area contributed by atoms with Crippen LogP contribution in [0.2, 0.25) is 5.02 Å². The summed E-state index contributed by atoms with van der Waals surface area (Å²) >= 11 is 5.61. The van der Waals surface area contributed by atoms with E-state index in [-0.39, 0.29) is 16.3 Å². The van der Waals surface area contributed by atoms with Crippen LogP contribution in [0.25, 0.3) is 0 Å². The molecule has 0 spiro atoms. The number of halogens is 1. The van der Waals surface area contributed by atoms with Crippen molar-refractivity contribution in [2.24, 2.45) is 5.73 Å². The molecular weight excluding hydrogens is 236 g/mol. The number of ether oxygens (including phenoxy) is 1. The molecule has 1 aromatic carbocycles. The first-order valence-electron chi connectivity index (χ1n) is 4.24. The van der Waals surface area contributed by atoms with Gasteiger partial charge in [-0.15, -0.1) is 0 Å². The highest BCUT2D eigenvalue weighted by Crippen LogP contribution is 2.27. The number of esters is 1. The molecule has 0 amide bonds. The van der Waals surface area contributed by atoms with Gasteiger partial charge in [-0.25, -0.2) is 0 Å². The molecule has 0 aliphatic rings. The van der Waals surface area contributed by atoms with Crippen LogP contribution in [-0.4, -0.2) is 18.0 Å². The zero-order valence-electron chi connectivity index (χ0n) is 8.34. The maximum absolute atomic E-state index is 11.1. The Labute approximate surface area is 96.1 Å². The van der Waals surface area contributed by atoms with Crippen molar-refractivity contribution in [2.75, 3.05) is 7.11 Å². The molecule has 86 valence electrons. The number of nitro benzene ring substituents is 1. The van der Waals surface area contributed by atoms with Crippen LogP contribution in [0.3, 0.4) is 0 Å². The van der Waals surface area contributed by atoms with Gasteiger partial charge < -0.3 is 10.5 Å². The van der Waals surface area contributed by atoms with Gasteiger partial charge in [-0.3, -0.25) is 14.9 Å². The SMILES string of the molecule is COC(=O)C(N)c1ccc(Cl)c([N+](=O)[O-])c1. The van der Waals surface area contributed by atoms with Crippen molar-refractivity contribution in [3.63, 3.8) is 0 Å². The Morgan fingerprint density at radius 2 is 2.25 bits per heavy atom. The number of hydrogen-bond donors (Lipinski definition) is 1. The number of nitro groups is 1. The molecule has 0 aliphatic heterocycles. The van der Waals surface area contributed by atoms with Crippen LogP contribution >= 0.6 is 11.6 Å². The molecule has 2 N–H and O–H groups in total. The normalized spacial score (nSPS) is 11.9. The van der Waals surface area contributed by atoms with Crippen molar-refractivity contribution < 1.29 is 14.5 Å². The van der Waals surface area contributed by atoms with Gasteiger partial charge in [-0.2, -0.15) is 0 Å². The zero-order valence-corrected chi connectivity index (χ0v) is 9.10. The third kappa shape index (κ3) is 2.47. The molecule has 0 aliphatic carbocycles. The fourth-order valence-electron chi connectivity index (χ4n) is 1.13. The maximum Gasteiger partial charge on any atom is 0.327 e. The summed E-state index contributed by atoms with van der Waals surface area (Å²) in [5.41, 5.74) is 5.52. The summed E-state index contributed by atoms with van der Waals surface area (Å²) in [6, 6.07) is 2.86. The van der Waals surface area contributed by atoms with Crippen LogP contribution in [0.1, 0.15) is 11.6 Å². The highest BCUT2D eigenvalue weighted by Gasteiger charge is 2.20. The highest BCUT2D eigenvalue weighted by atomic mass is 35.5. The quantitative estimate of drug-likeness (QED) is 0.493. The summed E-state index contributed by atoms with van der Waals surface area (Å²) in [5, 5.41) is 10.6. The minimum Gasteiger partial charge on any atom is -0.468 e. The average Bonchev–Trinajstić information content (AvgIpc) is 2.27. The third-order valence-electron chi connectivity index (χ3n) is 1.98. The van der Waals surface area contributed by atoms with Crippen molar-refractivity contribution in [2.45, 2.75) is 6.04 Å². The summed E-state index contributed by atoms with van der Waals surface area (Å²) in [7, 11) is 1.19. The number of nitrogens with two attached hydrogens (primary N) is 1. The lowest BCUT2D eigenvalue weighted by Crippen LogP contribution is -2.22. The Morgan fingerprint density at radius 3 is 2.75 bits per heavy atom. The fourth-order valence-corrected chi connectivity index (χ4v) is 1.31. The van der Waals surface area contributed by atoms with Crippen molar-refractivity contribution in [3.05, 3.63) is 38.9 Å². The molecule has 1 atom stereocenters. The number of hydrogen-bond acceptors (Lipinski definition) is 5. The van der Waals surface area contributed by atoms with Crippen LogP contribution in [0, 0.1) is 10.1 Å². The van der Waals surface area contributed by atoms with Crippen LogP contribution in [-0.2, 0) is 9.53 Å². The number of benzene rings is 1. The van der Waals surface area contributed by atoms with Crippen LogP contribution in [0.4, 0.5) is 5.69 Å². The number of methoxy groups -OCH3 is 1. The van der Waals surface area contributed by atoms with Crippen molar-refractivity contribution in [1.82, 2.24) is 0 Å². The monoisotopic (exact) mass is 244 g/mol. The second-order valence-electron chi connectivity index (χ2n) is 2.97. The van der Waals surface area contributed by atoms with E-state index < -0.39 is 16.9 Å². The van der Waals surface area contributed by atoms with Crippen LogP contribution < -0.4 is 5.73 Å². The average molecular weight is 245 g/mol. The van der Waals surface area contributed by atoms with E-state index in [0.29, 0.717) is 0 Å². The molecule has 0 saturated carbocycles. The molecule has 16 heavy (non-hydrogen) atoms. The van der Waals surface area contributed by atoms with Gasteiger partial charge in [0.2, 0.25) is 0 Å². The molecule has 1 unspecified atom stereocenters. The third-order valence-corrected chi connectivity index (χ3v) is 2.30. The number of carbonyl (C=O) groups is 1. The maximum atomic E-state index is 11.1. The van der Waals surface area contributed by atoms with Gasteiger partial charge in [-0.1, -0.05) is 17.7 Å². The molecule has 0 bridgehead atoms. The second-order valence-corrected chi connectivity index (χ2v) is 3.38. The molecular formula is C9H9ClN2O4. The molecule has 6 nitrogen and oxygen atoms in total. The van der Waals surface area contributed by atoms with Crippen LogP contribution in [0.15, 0.2) is 18.2 Å². The van der Waals surface area contributed by atoms with Crippen LogP contribution in [0.5, 0.6) is 0 Å². The van der Waals surface area contributed by atoms with Gasteiger partial charge >= 0.3 is 5.97 Å². The molecule has 1 rings (SSSR count). The van der Waals surface area contributed by atoms with Gasteiger partial charge in [-0.05, 0) is 11.6 Å². The Kier molecular flexibility index (Phi) is 3.81. The predicted molar refractivity (Wildman–Crippen MR) is 57.1 cm³/mol. The van der Waals surface area contributed by atoms with E-state index in [1.807, 2.05) is 0 Å². The molecule has 0 saturated heterocycles. The summed E-state index contributed by atoms with van der Waals surface area (Å²) < 4.78 is 4.43. The lowest BCUT2D eigenvalue weighted by Gasteiger charge is -2.09. The minimum absolute atomic E-state index is 0.00850. The first kappa shape index (κ1) is 12.4. The van der Waals surface area contributed by atoms with E-state index in [4.69, 9.17) is 17.3 Å². The van der Waals surface area contributed by atoms with E-state index in [9.17, 15) is 14.9 Å². The Bertz CT molecular complexity index is 436. The van der Waals surface area contributed by atoms with E-state index in [2.05, 4.69) is 4.74 Å². The number of nitrogens with zero attached hydrogens (tertiary/aromatic N) is 1. The Morgan fingerprint density at radius 1 is 1.62 bits per heavy atom. The lowest BCUT2D eigenvalue weighted by molar-refractivity contribution is -0.384. The molecule has 7 heteroatoms. The highest BCUT2D eigenvalue weighted by molar-refractivity contribution is 6.32. The Balaban J connectivity index is 3.12. The Hall–Kier alpha value is -1.66. The molecule has 1 aromatic rings. The zero-order chi connectivity index (χ0) is 12.3. The summed E-state index contributed by atoms with van der Waals surface area (Å²) in [4.78, 5) is 21.1. The first-order valence-corrected chi connectivity index (χ1v) is 4.62. The molecule has 0 fully saturated rings. The van der Waals surface area contributed by atoms with E-state index in [1.54, 1.807) is 0 Å². The van der Waals surface area contributed by atoms with Crippen molar-refractivity contribution >= 4 is 23.3 Å². The second kappa shape index (κ2) is 4.91. The van der Waals surface area contributed by atoms with Gasteiger partial charge in [0.1, 0.15) is 11.1 Å². The molecule has 0 radical (unpaired) electrons. The first-order chi connectivity index (χ1) is 7.47. The predicted octanol–water partition coefficient (Wildman–Crippen LogP) is 1.42. The summed E-state index contributed by atoms with van der Waals surface area (Å²) in [5.74, 6) is -0.670. The number of rotatable bonds is 3. The summed E-state index contributed by atoms with van der Waals surface area (Å²) in [6.45, 7) is 0. The minimum atomic E-state index is -1.05. The smallest absolute Gasteiger partial charge is 0.327 e.